The van der Waals surface area contributed by atoms with Gasteiger partial charge in [0.05, 0.1) is 0 Å². The Bertz CT molecular complexity index is 338. The highest BCUT2D eigenvalue weighted by Gasteiger charge is 1.98. The monoisotopic (exact) mass is 196 g/mol. The number of benzene rings is 1. The summed E-state index contributed by atoms with van der Waals surface area (Å²) in [6.45, 7) is 1.55. The van der Waals surface area contributed by atoms with Crippen molar-refractivity contribution >= 4 is 23.6 Å². The Morgan fingerprint density at radius 1 is 1.38 bits per heavy atom. The number of rotatable bonds is 2. The predicted octanol–water partition coefficient (Wildman–Crippen LogP) is 2.83. The van der Waals surface area contributed by atoms with E-state index in [2.05, 4.69) is 0 Å². The maximum atomic E-state index is 10.5. The Labute approximate surface area is 81.5 Å². The van der Waals surface area contributed by atoms with Gasteiger partial charge in [0.1, 0.15) is 0 Å². The zero-order chi connectivity index (χ0) is 9.84. The lowest BCUT2D eigenvalue weighted by Gasteiger charge is -1.95. The van der Waals surface area contributed by atoms with E-state index in [1.54, 1.807) is 37.3 Å². The number of aliphatic carboxylic acids is 1. The van der Waals surface area contributed by atoms with Crippen molar-refractivity contribution < 1.29 is 9.90 Å². The summed E-state index contributed by atoms with van der Waals surface area (Å²) < 4.78 is 0. The molecule has 0 aliphatic carbocycles. The number of hydrogen-bond acceptors (Lipinski definition) is 1. The smallest absolute Gasteiger partial charge is 0.331 e. The van der Waals surface area contributed by atoms with Crippen LogP contribution in [0, 0.1) is 0 Å². The van der Waals surface area contributed by atoms with Crippen molar-refractivity contribution in [3.63, 3.8) is 0 Å². The maximum Gasteiger partial charge on any atom is 0.331 e. The van der Waals surface area contributed by atoms with Crippen LogP contribution in [0.25, 0.3) is 6.08 Å². The molecule has 0 saturated heterocycles. The zero-order valence-electron chi connectivity index (χ0n) is 7.12. The summed E-state index contributed by atoms with van der Waals surface area (Å²) in [6, 6.07) is 6.99. The van der Waals surface area contributed by atoms with Crippen LogP contribution in [0.3, 0.4) is 0 Å². The molecule has 0 radical (unpaired) electrons. The largest absolute Gasteiger partial charge is 0.478 e. The molecule has 0 aliphatic rings. The molecule has 0 heterocycles. The van der Waals surface area contributed by atoms with Crippen molar-refractivity contribution in [1.82, 2.24) is 0 Å². The average Bonchev–Trinajstić information content (AvgIpc) is 2.08. The van der Waals surface area contributed by atoms with Gasteiger partial charge in [-0.25, -0.2) is 4.79 Å². The highest BCUT2D eigenvalue weighted by atomic mass is 35.5. The van der Waals surface area contributed by atoms with E-state index in [0.29, 0.717) is 10.6 Å². The van der Waals surface area contributed by atoms with Crippen molar-refractivity contribution in [2.24, 2.45) is 0 Å². The van der Waals surface area contributed by atoms with Gasteiger partial charge in [0.2, 0.25) is 0 Å². The molecule has 0 atom stereocenters. The molecule has 1 rings (SSSR count). The van der Waals surface area contributed by atoms with Gasteiger partial charge in [0.15, 0.2) is 0 Å². The number of carbonyl (C=O) groups is 1. The van der Waals surface area contributed by atoms with Gasteiger partial charge in [-0.3, -0.25) is 0 Å². The predicted molar refractivity (Wildman–Crippen MR) is 52.7 cm³/mol. The molecular formula is C10H9ClO2. The van der Waals surface area contributed by atoms with Crippen LogP contribution in [0.15, 0.2) is 29.8 Å². The van der Waals surface area contributed by atoms with Crippen LogP contribution in [-0.4, -0.2) is 11.1 Å². The fraction of sp³-hybridized carbons (Fsp3) is 0.100. The van der Waals surface area contributed by atoms with Crippen molar-refractivity contribution in [3.05, 3.63) is 40.4 Å². The summed E-state index contributed by atoms with van der Waals surface area (Å²) in [5.41, 5.74) is 1.15. The van der Waals surface area contributed by atoms with E-state index in [4.69, 9.17) is 16.7 Å². The van der Waals surface area contributed by atoms with E-state index in [9.17, 15) is 4.79 Å². The molecule has 0 saturated carbocycles. The molecule has 0 aromatic heterocycles. The summed E-state index contributed by atoms with van der Waals surface area (Å²) >= 11 is 5.67. The molecule has 3 heteroatoms. The third kappa shape index (κ3) is 2.92. The van der Waals surface area contributed by atoms with E-state index >= 15 is 0 Å². The van der Waals surface area contributed by atoms with Crippen molar-refractivity contribution in [2.45, 2.75) is 6.92 Å². The van der Waals surface area contributed by atoms with E-state index in [-0.39, 0.29) is 0 Å². The Morgan fingerprint density at radius 3 is 2.38 bits per heavy atom. The molecular weight excluding hydrogens is 188 g/mol. The van der Waals surface area contributed by atoms with E-state index < -0.39 is 5.97 Å². The van der Waals surface area contributed by atoms with Crippen LogP contribution in [0.4, 0.5) is 0 Å². The SMILES string of the molecule is C/C(=C\c1ccc(Cl)cc1)C(=O)O. The molecule has 1 aromatic carbocycles. The highest BCUT2D eigenvalue weighted by molar-refractivity contribution is 6.30. The van der Waals surface area contributed by atoms with E-state index in [1.807, 2.05) is 0 Å². The van der Waals surface area contributed by atoms with E-state index in [1.165, 1.54) is 0 Å². The first-order valence-corrected chi connectivity index (χ1v) is 4.14. The molecule has 0 unspecified atom stereocenters. The third-order valence-electron chi connectivity index (χ3n) is 1.59. The first-order chi connectivity index (χ1) is 6.09. The Kier molecular flexibility index (Phi) is 3.09. The lowest BCUT2D eigenvalue weighted by molar-refractivity contribution is -0.132. The topological polar surface area (TPSA) is 37.3 Å². The van der Waals surface area contributed by atoms with E-state index in [0.717, 1.165) is 5.56 Å². The molecule has 2 nitrogen and oxygen atoms in total. The molecule has 13 heavy (non-hydrogen) atoms. The summed E-state index contributed by atoms with van der Waals surface area (Å²) in [6.07, 6.45) is 1.60. The number of carboxylic acids is 1. The molecule has 0 fully saturated rings. The molecule has 1 aromatic rings. The van der Waals surface area contributed by atoms with Gasteiger partial charge in [0.25, 0.3) is 0 Å². The zero-order valence-corrected chi connectivity index (χ0v) is 7.88. The van der Waals surface area contributed by atoms with Gasteiger partial charge in [0, 0.05) is 10.6 Å². The normalized spacial score (nSPS) is 11.4. The standard InChI is InChI=1S/C10H9ClO2/c1-7(10(12)13)6-8-2-4-9(11)5-3-8/h2-6H,1H3,(H,12,13)/b7-6+. The second-order valence-electron chi connectivity index (χ2n) is 2.68. The van der Waals surface area contributed by atoms with Crippen LogP contribution in [0.2, 0.25) is 5.02 Å². The molecule has 0 aliphatic heterocycles. The van der Waals surface area contributed by atoms with Crippen LogP contribution in [0.1, 0.15) is 12.5 Å². The minimum Gasteiger partial charge on any atom is -0.478 e. The maximum absolute atomic E-state index is 10.5. The van der Waals surface area contributed by atoms with Crippen LogP contribution in [-0.2, 0) is 4.79 Å². The quantitative estimate of drug-likeness (QED) is 0.739. The molecule has 0 amide bonds. The average molecular weight is 197 g/mol. The number of halogens is 1. The Hall–Kier alpha value is -1.28. The van der Waals surface area contributed by atoms with Gasteiger partial charge in [-0.2, -0.15) is 0 Å². The summed E-state index contributed by atoms with van der Waals surface area (Å²) in [5.74, 6) is -0.907. The highest BCUT2D eigenvalue weighted by Crippen LogP contribution is 2.12. The molecule has 1 N–H and O–H groups in total. The number of hydrogen-bond donors (Lipinski definition) is 1. The van der Waals surface area contributed by atoms with Crippen molar-refractivity contribution in [3.8, 4) is 0 Å². The Balaban J connectivity index is 2.92. The van der Waals surface area contributed by atoms with Crippen molar-refractivity contribution in [1.29, 1.82) is 0 Å². The second kappa shape index (κ2) is 4.10. The fourth-order valence-corrected chi connectivity index (χ4v) is 0.997. The summed E-state index contributed by atoms with van der Waals surface area (Å²) in [5, 5.41) is 9.25. The van der Waals surface area contributed by atoms with Crippen LogP contribution in [0.5, 0.6) is 0 Å². The van der Waals surface area contributed by atoms with Crippen molar-refractivity contribution in [2.75, 3.05) is 0 Å². The molecule has 68 valence electrons. The van der Waals surface area contributed by atoms with Crippen LogP contribution >= 0.6 is 11.6 Å². The van der Waals surface area contributed by atoms with Gasteiger partial charge < -0.3 is 5.11 Å². The van der Waals surface area contributed by atoms with Gasteiger partial charge >= 0.3 is 5.97 Å². The minimum atomic E-state index is -0.907. The Morgan fingerprint density at radius 2 is 1.92 bits per heavy atom. The van der Waals surface area contributed by atoms with Gasteiger partial charge in [-0.1, -0.05) is 23.7 Å². The lowest BCUT2D eigenvalue weighted by atomic mass is 10.1. The first kappa shape index (κ1) is 9.81. The molecule has 0 bridgehead atoms. The van der Waals surface area contributed by atoms with Crippen LogP contribution < -0.4 is 0 Å². The summed E-state index contributed by atoms with van der Waals surface area (Å²) in [7, 11) is 0. The minimum absolute atomic E-state index is 0.308. The van der Waals surface area contributed by atoms with Gasteiger partial charge in [-0.15, -0.1) is 0 Å². The lowest BCUT2D eigenvalue weighted by Crippen LogP contribution is -1.95. The number of carboxylic acid groups (broad SMARTS) is 1. The first-order valence-electron chi connectivity index (χ1n) is 3.77. The van der Waals surface area contributed by atoms with Gasteiger partial charge in [-0.05, 0) is 30.7 Å². The summed E-state index contributed by atoms with van der Waals surface area (Å²) in [4.78, 5) is 10.5. The molecule has 0 spiro atoms. The fourth-order valence-electron chi connectivity index (χ4n) is 0.871. The second-order valence-corrected chi connectivity index (χ2v) is 3.12. The third-order valence-corrected chi connectivity index (χ3v) is 1.84.